The minimum absolute atomic E-state index is 0.231. The van der Waals surface area contributed by atoms with Crippen LogP contribution in [-0.2, 0) is 9.53 Å². The van der Waals surface area contributed by atoms with Crippen molar-refractivity contribution in [2.24, 2.45) is 0 Å². The quantitative estimate of drug-likeness (QED) is 0.678. The summed E-state index contributed by atoms with van der Waals surface area (Å²) in [5.41, 5.74) is 1.27. The Kier molecular flexibility index (Phi) is 7.33. The molecule has 0 bridgehead atoms. The fourth-order valence-corrected chi connectivity index (χ4v) is 2.70. The van der Waals surface area contributed by atoms with Crippen LogP contribution in [0.15, 0.2) is 30.3 Å². The molecule has 6 nitrogen and oxygen atoms in total. The van der Waals surface area contributed by atoms with Gasteiger partial charge in [-0.1, -0.05) is 29.3 Å². The molecule has 27 heavy (non-hydrogen) atoms. The first-order chi connectivity index (χ1) is 12.9. The fourth-order valence-electron chi connectivity index (χ4n) is 2.23. The maximum Gasteiger partial charge on any atom is 0.338 e. The normalized spacial score (nSPS) is 10.3. The molecular weight excluding hydrogens is 393 g/mol. The van der Waals surface area contributed by atoms with Crippen molar-refractivity contribution in [1.82, 2.24) is 0 Å². The van der Waals surface area contributed by atoms with Crippen LogP contribution in [0.4, 0.5) is 5.69 Å². The van der Waals surface area contributed by atoms with Gasteiger partial charge in [-0.15, -0.1) is 0 Å². The second-order valence-electron chi connectivity index (χ2n) is 5.48. The van der Waals surface area contributed by atoms with Gasteiger partial charge in [0.1, 0.15) is 0 Å². The monoisotopic (exact) mass is 411 g/mol. The number of hydrogen-bond acceptors (Lipinski definition) is 5. The first-order valence-electron chi connectivity index (χ1n) is 8.09. The third-order valence-electron chi connectivity index (χ3n) is 3.58. The van der Waals surface area contributed by atoms with E-state index in [1.165, 1.54) is 19.2 Å². The molecule has 0 aliphatic heterocycles. The standard InChI is InChI=1S/C19H19Cl2NO5/c1-4-26-14-8-6-12(9-15(14)25-3)19(24)27-10-16(23)22-18-13(20)7-5-11(2)17(18)21/h5-9H,4,10H2,1-3H3,(H,22,23). The van der Waals surface area contributed by atoms with Gasteiger partial charge < -0.3 is 19.5 Å². The molecule has 2 aromatic rings. The summed E-state index contributed by atoms with van der Waals surface area (Å²) in [6, 6.07) is 7.98. The lowest BCUT2D eigenvalue weighted by molar-refractivity contribution is -0.119. The lowest BCUT2D eigenvalue weighted by Crippen LogP contribution is -2.21. The lowest BCUT2D eigenvalue weighted by Gasteiger charge is -2.12. The number of aryl methyl sites for hydroxylation is 1. The number of carbonyl (C=O) groups is 2. The van der Waals surface area contributed by atoms with Crippen molar-refractivity contribution in [2.75, 3.05) is 25.6 Å². The Balaban J connectivity index is 2.01. The molecule has 1 N–H and O–H groups in total. The van der Waals surface area contributed by atoms with Gasteiger partial charge in [0, 0.05) is 0 Å². The number of hydrogen-bond donors (Lipinski definition) is 1. The zero-order chi connectivity index (χ0) is 20.0. The summed E-state index contributed by atoms with van der Waals surface area (Å²) in [6.07, 6.45) is 0. The molecule has 0 heterocycles. The summed E-state index contributed by atoms with van der Waals surface area (Å²) < 4.78 is 15.6. The van der Waals surface area contributed by atoms with Gasteiger partial charge in [0.25, 0.3) is 5.91 Å². The summed E-state index contributed by atoms with van der Waals surface area (Å²) in [4.78, 5) is 24.3. The van der Waals surface area contributed by atoms with Gasteiger partial charge in [0.15, 0.2) is 18.1 Å². The van der Waals surface area contributed by atoms with Gasteiger partial charge in [-0.25, -0.2) is 4.79 Å². The summed E-state index contributed by atoms with van der Waals surface area (Å²) in [7, 11) is 1.47. The number of esters is 1. The van der Waals surface area contributed by atoms with E-state index in [2.05, 4.69) is 5.32 Å². The Bertz CT molecular complexity index is 854. The van der Waals surface area contributed by atoms with Crippen LogP contribution in [0, 0.1) is 6.92 Å². The summed E-state index contributed by atoms with van der Waals surface area (Å²) >= 11 is 12.2. The van der Waals surface area contributed by atoms with Gasteiger partial charge in [0.2, 0.25) is 0 Å². The Labute approximate surface area is 167 Å². The molecule has 1 amide bonds. The topological polar surface area (TPSA) is 73.9 Å². The van der Waals surface area contributed by atoms with Gasteiger partial charge in [0.05, 0.1) is 35.0 Å². The van der Waals surface area contributed by atoms with Gasteiger partial charge in [-0.3, -0.25) is 4.79 Å². The average Bonchev–Trinajstić information content (AvgIpc) is 2.66. The maximum atomic E-state index is 12.2. The average molecular weight is 412 g/mol. The molecule has 144 valence electrons. The van der Waals surface area contributed by atoms with Crippen LogP contribution in [-0.4, -0.2) is 32.2 Å². The predicted octanol–water partition coefficient (Wildman–Crippen LogP) is 4.50. The zero-order valence-corrected chi connectivity index (χ0v) is 16.6. The van der Waals surface area contributed by atoms with Crippen molar-refractivity contribution >= 4 is 40.8 Å². The summed E-state index contributed by atoms with van der Waals surface area (Å²) in [5.74, 6) is -0.323. The highest BCUT2D eigenvalue weighted by atomic mass is 35.5. The first-order valence-corrected chi connectivity index (χ1v) is 8.85. The number of carbonyl (C=O) groups excluding carboxylic acids is 2. The molecule has 0 aromatic heterocycles. The number of nitrogens with one attached hydrogen (secondary N) is 1. The number of amides is 1. The Morgan fingerprint density at radius 2 is 1.85 bits per heavy atom. The highest BCUT2D eigenvalue weighted by molar-refractivity contribution is 6.40. The van der Waals surface area contributed by atoms with E-state index in [0.29, 0.717) is 28.2 Å². The van der Waals surface area contributed by atoms with Crippen molar-refractivity contribution < 1.29 is 23.8 Å². The molecule has 0 spiro atoms. The number of halogens is 2. The van der Waals surface area contributed by atoms with E-state index < -0.39 is 18.5 Å². The number of methoxy groups -OCH3 is 1. The van der Waals surface area contributed by atoms with E-state index in [4.69, 9.17) is 37.4 Å². The van der Waals surface area contributed by atoms with E-state index in [9.17, 15) is 9.59 Å². The van der Waals surface area contributed by atoms with Crippen molar-refractivity contribution in [3.05, 3.63) is 51.5 Å². The van der Waals surface area contributed by atoms with Gasteiger partial charge in [-0.05, 0) is 43.7 Å². The molecule has 8 heteroatoms. The molecule has 0 unspecified atom stereocenters. The van der Waals surface area contributed by atoms with E-state index in [-0.39, 0.29) is 11.3 Å². The van der Waals surface area contributed by atoms with Crippen molar-refractivity contribution in [3.8, 4) is 11.5 Å². The van der Waals surface area contributed by atoms with Crippen LogP contribution < -0.4 is 14.8 Å². The number of rotatable bonds is 7. The van der Waals surface area contributed by atoms with Crippen LogP contribution in [0.1, 0.15) is 22.8 Å². The first kappa shape index (κ1) is 20.9. The molecular formula is C19H19Cl2NO5. The Hall–Kier alpha value is -2.44. The summed E-state index contributed by atoms with van der Waals surface area (Å²) in [5, 5.41) is 3.17. The molecule has 0 aliphatic carbocycles. The van der Waals surface area contributed by atoms with Crippen LogP contribution in [0.25, 0.3) is 0 Å². The fraction of sp³-hybridized carbons (Fsp3) is 0.263. The number of benzene rings is 2. The second-order valence-corrected chi connectivity index (χ2v) is 6.26. The highest BCUT2D eigenvalue weighted by Crippen LogP contribution is 2.33. The highest BCUT2D eigenvalue weighted by Gasteiger charge is 2.16. The van der Waals surface area contributed by atoms with Crippen molar-refractivity contribution in [3.63, 3.8) is 0 Å². The third-order valence-corrected chi connectivity index (χ3v) is 4.38. The molecule has 0 saturated heterocycles. The molecule has 0 aliphatic rings. The number of anilines is 1. The molecule has 2 rings (SSSR count). The molecule has 0 atom stereocenters. The molecule has 0 fully saturated rings. The summed E-state index contributed by atoms with van der Waals surface area (Å²) in [6.45, 7) is 3.60. The predicted molar refractivity (Wildman–Crippen MR) is 104 cm³/mol. The van der Waals surface area contributed by atoms with E-state index >= 15 is 0 Å². The van der Waals surface area contributed by atoms with Gasteiger partial charge in [-0.2, -0.15) is 0 Å². The van der Waals surface area contributed by atoms with Crippen LogP contribution in [0.3, 0.4) is 0 Å². The minimum atomic E-state index is -0.673. The molecule has 0 radical (unpaired) electrons. The molecule has 2 aromatic carbocycles. The SMILES string of the molecule is CCOc1ccc(C(=O)OCC(=O)Nc2c(Cl)ccc(C)c2Cl)cc1OC. The third kappa shape index (κ3) is 5.28. The van der Waals surface area contributed by atoms with E-state index in [0.717, 1.165) is 5.56 Å². The van der Waals surface area contributed by atoms with E-state index in [1.807, 2.05) is 6.92 Å². The van der Waals surface area contributed by atoms with Crippen molar-refractivity contribution in [2.45, 2.75) is 13.8 Å². The minimum Gasteiger partial charge on any atom is -0.493 e. The van der Waals surface area contributed by atoms with Crippen LogP contribution >= 0.6 is 23.2 Å². The second kappa shape index (κ2) is 9.48. The van der Waals surface area contributed by atoms with Crippen molar-refractivity contribution in [1.29, 1.82) is 0 Å². The Morgan fingerprint density at radius 1 is 1.11 bits per heavy atom. The largest absolute Gasteiger partial charge is 0.493 e. The Morgan fingerprint density at radius 3 is 2.52 bits per heavy atom. The van der Waals surface area contributed by atoms with E-state index in [1.54, 1.807) is 25.1 Å². The smallest absolute Gasteiger partial charge is 0.338 e. The maximum absolute atomic E-state index is 12.2. The molecule has 0 saturated carbocycles. The van der Waals surface area contributed by atoms with Crippen LogP contribution in [0.5, 0.6) is 11.5 Å². The van der Waals surface area contributed by atoms with Gasteiger partial charge >= 0.3 is 5.97 Å². The zero-order valence-electron chi connectivity index (χ0n) is 15.1. The lowest BCUT2D eigenvalue weighted by atomic mass is 10.2. The van der Waals surface area contributed by atoms with Crippen LogP contribution in [0.2, 0.25) is 10.0 Å². The number of ether oxygens (including phenoxy) is 3.